The molecule has 1 aromatic rings. The maximum Gasteiger partial charge on any atom is 0.303 e. The van der Waals surface area contributed by atoms with Crippen molar-refractivity contribution in [2.45, 2.75) is 13.3 Å². The van der Waals surface area contributed by atoms with Gasteiger partial charge in [0.05, 0.1) is 5.56 Å². The fourth-order valence-corrected chi connectivity index (χ4v) is 2.39. The lowest BCUT2D eigenvalue weighted by Gasteiger charge is -2.15. The van der Waals surface area contributed by atoms with Gasteiger partial charge < -0.3 is 4.42 Å². The first kappa shape index (κ1) is 14.2. The molecule has 0 aliphatic carbocycles. The molecule has 0 unspecified atom stereocenters. The Morgan fingerprint density at radius 1 is 1.59 bits per heavy atom. The number of furan rings is 1. The maximum atomic E-state index is 11.7. The number of nitrogens with one attached hydrogen (secondary N) is 1. The first-order valence-electron chi connectivity index (χ1n) is 4.89. The third-order valence-corrected chi connectivity index (χ3v) is 3.86. The molecule has 1 rings (SSSR count). The molecule has 8 heteroatoms. The first-order chi connectivity index (χ1) is 7.86. The molecule has 0 aliphatic rings. The molecule has 0 saturated carbocycles. The SMILES string of the molecule is CCCN(C)S(=O)(=O)NC(=O)c1coc(Br)c1. The maximum absolute atomic E-state index is 11.7. The van der Waals surface area contributed by atoms with E-state index in [9.17, 15) is 13.2 Å². The molecule has 1 amide bonds. The normalized spacial score (nSPS) is 11.8. The van der Waals surface area contributed by atoms with E-state index in [1.165, 1.54) is 19.4 Å². The van der Waals surface area contributed by atoms with Gasteiger partial charge in [-0.3, -0.25) is 4.79 Å². The second kappa shape index (κ2) is 5.65. The van der Waals surface area contributed by atoms with Crippen LogP contribution in [0.25, 0.3) is 0 Å². The standard InChI is InChI=1S/C9H13BrN2O4S/c1-3-4-12(2)17(14,15)11-9(13)7-5-8(10)16-6-7/h5-6H,3-4H2,1-2H3,(H,11,13). The number of hydrogen-bond acceptors (Lipinski definition) is 4. The predicted molar refractivity (Wildman–Crippen MR) is 65.7 cm³/mol. The van der Waals surface area contributed by atoms with Crippen molar-refractivity contribution >= 4 is 32.0 Å². The average molecular weight is 325 g/mol. The number of amides is 1. The Hall–Kier alpha value is -0.860. The fraction of sp³-hybridized carbons (Fsp3) is 0.444. The number of carbonyl (C=O) groups is 1. The monoisotopic (exact) mass is 324 g/mol. The van der Waals surface area contributed by atoms with Crippen LogP contribution in [-0.4, -0.2) is 32.2 Å². The summed E-state index contributed by atoms with van der Waals surface area (Å²) in [6, 6.07) is 1.39. The van der Waals surface area contributed by atoms with Crippen LogP contribution in [0.2, 0.25) is 0 Å². The lowest BCUT2D eigenvalue weighted by Crippen LogP contribution is -2.41. The Labute approximate surface area is 108 Å². The highest BCUT2D eigenvalue weighted by atomic mass is 79.9. The largest absolute Gasteiger partial charge is 0.457 e. The van der Waals surface area contributed by atoms with Gasteiger partial charge in [-0.2, -0.15) is 12.7 Å². The minimum atomic E-state index is -3.78. The molecule has 0 radical (unpaired) electrons. The van der Waals surface area contributed by atoms with Crippen molar-refractivity contribution in [2.24, 2.45) is 0 Å². The van der Waals surface area contributed by atoms with E-state index < -0.39 is 16.1 Å². The van der Waals surface area contributed by atoms with E-state index in [4.69, 9.17) is 4.42 Å². The molecule has 17 heavy (non-hydrogen) atoms. The van der Waals surface area contributed by atoms with Crippen molar-refractivity contribution in [3.05, 3.63) is 22.6 Å². The Balaban J connectivity index is 2.75. The summed E-state index contributed by atoms with van der Waals surface area (Å²) >= 11 is 3.03. The summed E-state index contributed by atoms with van der Waals surface area (Å²) in [5, 5.41) is 0. The topological polar surface area (TPSA) is 79.6 Å². The molecule has 0 atom stereocenters. The highest BCUT2D eigenvalue weighted by Gasteiger charge is 2.21. The van der Waals surface area contributed by atoms with E-state index in [-0.39, 0.29) is 5.56 Å². The van der Waals surface area contributed by atoms with Crippen LogP contribution in [0.4, 0.5) is 0 Å². The van der Waals surface area contributed by atoms with Gasteiger partial charge in [0.1, 0.15) is 6.26 Å². The summed E-state index contributed by atoms with van der Waals surface area (Å²) in [6.07, 6.45) is 1.84. The highest BCUT2D eigenvalue weighted by Crippen LogP contribution is 2.14. The summed E-state index contributed by atoms with van der Waals surface area (Å²) in [4.78, 5) is 11.6. The number of hydrogen-bond donors (Lipinski definition) is 1. The van der Waals surface area contributed by atoms with Crippen LogP contribution < -0.4 is 4.72 Å². The quantitative estimate of drug-likeness (QED) is 0.886. The summed E-state index contributed by atoms with van der Waals surface area (Å²) in [5.41, 5.74) is 0.144. The number of rotatable bonds is 5. The van der Waals surface area contributed by atoms with Crippen LogP contribution in [0.5, 0.6) is 0 Å². The number of nitrogens with zero attached hydrogens (tertiary/aromatic N) is 1. The van der Waals surface area contributed by atoms with Crippen LogP contribution in [-0.2, 0) is 10.2 Å². The van der Waals surface area contributed by atoms with E-state index in [1.54, 1.807) is 0 Å². The summed E-state index contributed by atoms with van der Waals surface area (Å²) in [6.45, 7) is 2.19. The van der Waals surface area contributed by atoms with Gasteiger partial charge in [-0.15, -0.1) is 0 Å². The van der Waals surface area contributed by atoms with Crippen molar-refractivity contribution in [2.75, 3.05) is 13.6 Å². The van der Waals surface area contributed by atoms with Gasteiger partial charge in [-0.1, -0.05) is 6.92 Å². The third-order valence-electron chi connectivity index (χ3n) is 2.00. The van der Waals surface area contributed by atoms with Crippen molar-refractivity contribution in [1.82, 2.24) is 9.03 Å². The summed E-state index contributed by atoms with van der Waals surface area (Å²) < 4.78 is 31.6. The molecule has 96 valence electrons. The predicted octanol–water partition coefficient (Wildman–Crippen LogP) is 1.36. The molecule has 0 fully saturated rings. The Morgan fingerprint density at radius 2 is 2.24 bits per heavy atom. The molecule has 1 heterocycles. The minimum Gasteiger partial charge on any atom is -0.457 e. The number of carbonyl (C=O) groups excluding carboxylic acids is 1. The van der Waals surface area contributed by atoms with Gasteiger partial charge in [0, 0.05) is 19.7 Å². The minimum absolute atomic E-state index is 0.144. The molecule has 1 aromatic heterocycles. The van der Waals surface area contributed by atoms with Crippen molar-refractivity contribution in [3.63, 3.8) is 0 Å². The molecule has 1 N–H and O–H groups in total. The molecule has 0 saturated heterocycles. The summed E-state index contributed by atoms with van der Waals surface area (Å²) in [7, 11) is -2.38. The van der Waals surface area contributed by atoms with E-state index >= 15 is 0 Å². The smallest absolute Gasteiger partial charge is 0.303 e. The van der Waals surface area contributed by atoms with Gasteiger partial charge in [0.15, 0.2) is 4.67 Å². The van der Waals surface area contributed by atoms with E-state index in [0.717, 1.165) is 4.31 Å². The zero-order valence-corrected chi connectivity index (χ0v) is 11.8. The van der Waals surface area contributed by atoms with Crippen molar-refractivity contribution < 1.29 is 17.6 Å². The molecule has 0 bridgehead atoms. The third kappa shape index (κ3) is 3.83. The van der Waals surface area contributed by atoms with Gasteiger partial charge in [0.2, 0.25) is 0 Å². The van der Waals surface area contributed by atoms with Crippen LogP contribution in [0.1, 0.15) is 23.7 Å². The second-order valence-electron chi connectivity index (χ2n) is 3.40. The molecule has 0 aromatic carbocycles. The van der Waals surface area contributed by atoms with Crippen molar-refractivity contribution in [3.8, 4) is 0 Å². The van der Waals surface area contributed by atoms with Gasteiger partial charge in [0.25, 0.3) is 5.91 Å². The van der Waals surface area contributed by atoms with E-state index in [1.807, 2.05) is 11.6 Å². The highest BCUT2D eigenvalue weighted by molar-refractivity contribution is 9.10. The van der Waals surface area contributed by atoms with Gasteiger partial charge in [-0.25, -0.2) is 4.72 Å². The lowest BCUT2D eigenvalue weighted by atomic mass is 10.3. The zero-order valence-electron chi connectivity index (χ0n) is 9.44. The van der Waals surface area contributed by atoms with Crippen LogP contribution in [0, 0.1) is 0 Å². The number of halogens is 1. The lowest BCUT2D eigenvalue weighted by molar-refractivity contribution is 0.0979. The Kier molecular flexibility index (Phi) is 4.72. The Morgan fingerprint density at radius 3 is 2.71 bits per heavy atom. The average Bonchev–Trinajstić information content (AvgIpc) is 2.64. The Bertz CT molecular complexity index is 497. The molecule has 0 spiro atoms. The van der Waals surface area contributed by atoms with Crippen LogP contribution in [0.3, 0.4) is 0 Å². The zero-order chi connectivity index (χ0) is 13.1. The molecular formula is C9H13BrN2O4S. The van der Waals surface area contributed by atoms with Crippen LogP contribution in [0.15, 0.2) is 21.4 Å². The van der Waals surface area contributed by atoms with Crippen molar-refractivity contribution in [1.29, 1.82) is 0 Å². The molecular weight excluding hydrogens is 312 g/mol. The fourth-order valence-electron chi connectivity index (χ4n) is 1.12. The summed E-state index contributed by atoms with van der Waals surface area (Å²) in [5.74, 6) is -0.720. The van der Waals surface area contributed by atoms with Gasteiger partial charge in [-0.05, 0) is 22.4 Å². The van der Waals surface area contributed by atoms with E-state index in [0.29, 0.717) is 17.6 Å². The second-order valence-corrected chi connectivity index (χ2v) is 5.96. The van der Waals surface area contributed by atoms with E-state index in [2.05, 4.69) is 15.9 Å². The van der Waals surface area contributed by atoms with Crippen LogP contribution >= 0.6 is 15.9 Å². The van der Waals surface area contributed by atoms with Gasteiger partial charge >= 0.3 is 10.2 Å². The first-order valence-corrected chi connectivity index (χ1v) is 7.12. The molecule has 0 aliphatic heterocycles. The molecule has 6 nitrogen and oxygen atoms in total.